The van der Waals surface area contributed by atoms with Crippen molar-refractivity contribution < 1.29 is 9.90 Å². The summed E-state index contributed by atoms with van der Waals surface area (Å²) in [6.45, 7) is 0. The maximum absolute atomic E-state index is 12.4. The summed E-state index contributed by atoms with van der Waals surface area (Å²) >= 11 is 0. The number of rotatable bonds is 2. The fourth-order valence-corrected chi connectivity index (χ4v) is 2.29. The quantitative estimate of drug-likeness (QED) is 0.689. The van der Waals surface area contributed by atoms with Crippen molar-refractivity contribution in [2.75, 3.05) is 0 Å². The molecular formula is C14H11N3O3. The first-order chi connectivity index (χ1) is 9.65. The molecule has 0 saturated carbocycles. The molecular weight excluding hydrogens is 258 g/mol. The Morgan fingerprint density at radius 2 is 2.10 bits per heavy atom. The average molecular weight is 269 g/mol. The third-order valence-electron chi connectivity index (χ3n) is 3.32. The maximum atomic E-state index is 12.4. The van der Waals surface area contributed by atoms with E-state index in [4.69, 9.17) is 0 Å². The molecule has 2 heterocycles. The lowest BCUT2D eigenvalue weighted by molar-refractivity contribution is 0.112. The second-order valence-electron chi connectivity index (χ2n) is 4.42. The van der Waals surface area contributed by atoms with Gasteiger partial charge in [-0.05, 0) is 12.1 Å². The van der Waals surface area contributed by atoms with Crippen LogP contribution in [-0.2, 0) is 7.05 Å². The molecule has 0 bridgehead atoms. The standard InChI is InChI=1S/C14H11N3O3/c1-17-10-5-3-2-4-9(10)13(19)11(14(17)20)12-8(7-18)6-15-16-12/h2-7,19H,1H3,(H,15,16). The Bertz CT molecular complexity index is 877. The van der Waals surface area contributed by atoms with Crippen LogP contribution in [0.2, 0.25) is 0 Å². The molecule has 0 spiro atoms. The van der Waals surface area contributed by atoms with Crippen LogP contribution in [0.4, 0.5) is 0 Å². The van der Waals surface area contributed by atoms with E-state index in [2.05, 4.69) is 10.2 Å². The van der Waals surface area contributed by atoms with Gasteiger partial charge in [-0.25, -0.2) is 0 Å². The molecule has 0 amide bonds. The molecule has 2 aromatic heterocycles. The first-order valence-electron chi connectivity index (χ1n) is 5.94. The number of carbonyl (C=O) groups is 1. The number of nitrogens with one attached hydrogen (secondary N) is 1. The van der Waals surface area contributed by atoms with Gasteiger partial charge in [-0.2, -0.15) is 5.10 Å². The largest absolute Gasteiger partial charge is 0.506 e. The van der Waals surface area contributed by atoms with Gasteiger partial charge < -0.3 is 9.67 Å². The summed E-state index contributed by atoms with van der Waals surface area (Å²) in [5.74, 6) is -0.156. The molecule has 2 N–H and O–H groups in total. The summed E-state index contributed by atoms with van der Waals surface area (Å²) < 4.78 is 1.43. The molecule has 3 rings (SSSR count). The van der Waals surface area contributed by atoms with Crippen molar-refractivity contribution in [3.8, 4) is 17.0 Å². The Morgan fingerprint density at radius 1 is 1.35 bits per heavy atom. The van der Waals surface area contributed by atoms with Crippen molar-refractivity contribution in [2.45, 2.75) is 0 Å². The fourth-order valence-electron chi connectivity index (χ4n) is 2.29. The summed E-state index contributed by atoms with van der Waals surface area (Å²) in [7, 11) is 1.62. The first-order valence-corrected chi connectivity index (χ1v) is 5.94. The Kier molecular flexibility index (Phi) is 2.64. The molecule has 0 fully saturated rings. The minimum atomic E-state index is -0.395. The third kappa shape index (κ3) is 1.55. The van der Waals surface area contributed by atoms with Crippen LogP contribution >= 0.6 is 0 Å². The normalized spacial score (nSPS) is 10.8. The smallest absolute Gasteiger partial charge is 0.264 e. The van der Waals surface area contributed by atoms with Gasteiger partial charge in [0.05, 0.1) is 23.0 Å². The molecule has 0 saturated heterocycles. The highest BCUT2D eigenvalue weighted by Crippen LogP contribution is 2.32. The lowest BCUT2D eigenvalue weighted by Crippen LogP contribution is -2.19. The molecule has 100 valence electrons. The van der Waals surface area contributed by atoms with Crippen LogP contribution in [0.15, 0.2) is 35.3 Å². The summed E-state index contributed by atoms with van der Waals surface area (Å²) in [6.07, 6.45) is 1.91. The number of aromatic hydroxyl groups is 1. The fraction of sp³-hybridized carbons (Fsp3) is 0.0714. The van der Waals surface area contributed by atoms with Crippen LogP contribution in [0.3, 0.4) is 0 Å². The molecule has 6 heteroatoms. The molecule has 0 radical (unpaired) electrons. The van der Waals surface area contributed by atoms with E-state index in [0.717, 1.165) is 0 Å². The van der Waals surface area contributed by atoms with Crippen molar-refractivity contribution in [1.29, 1.82) is 0 Å². The van der Waals surface area contributed by atoms with E-state index in [-0.39, 0.29) is 22.6 Å². The number of aromatic nitrogens is 3. The van der Waals surface area contributed by atoms with Gasteiger partial charge in [0.15, 0.2) is 6.29 Å². The van der Waals surface area contributed by atoms with E-state index in [1.54, 1.807) is 31.3 Å². The van der Waals surface area contributed by atoms with Gasteiger partial charge in [0, 0.05) is 12.4 Å². The monoisotopic (exact) mass is 269 g/mol. The van der Waals surface area contributed by atoms with Gasteiger partial charge in [0.1, 0.15) is 11.3 Å². The predicted molar refractivity (Wildman–Crippen MR) is 73.8 cm³/mol. The predicted octanol–water partition coefficient (Wildman–Crippen LogP) is 1.45. The minimum absolute atomic E-state index is 0.0470. The number of H-pyrrole nitrogens is 1. The Labute approximate surface area is 113 Å². The number of pyridine rings is 1. The van der Waals surface area contributed by atoms with Gasteiger partial charge in [0.25, 0.3) is 5.56 Å². The Morgan fingerprint density at radius 3 is 2.85 bits per heavy atom. The van der Waals surface area contributed by atoms with Gasteiger partial charge in [-0.15, -0.1) is 0 Å². The molecule has 0 aliphatic rings. The van der Waals surface area contributed by atoms with Crippen LogP contribution in [-0.4, -0.2) is 26.2 Å². The van der Waals surface area contributed by atoms with Gasteiger partial charge in [-0.3, -0.25) is 14.7 Å². The van der Waals surface area contributed by atoms with E-state index in [1.807, 2.05) is 0 Å². The minimum Gasteiger partial charge on any atom is -0.506 e. The Balaban J connectivity index is 2.49. The third-order valence-corrected chi connectivity index (χ3v) is 3.32. The van der Waals surface area contributed by atoms with Crippen molar-refractivity contribution in [3.63, 3.8) is 0 Å². The number of fused-ring (bicyclic) bond motifs is 1. The van der Waals surface area contributed by atoms with Crippen LogP contribution in [0.1, 0.15) is 10.4 Å². The lowest BCUT2D eigenvalue weighted by Gasteiger charge is -2.10. The number of aryl methyl sites for hydroxylation is 1. The van der Waals surface area contributed by atoms with E-state index < -0.39 is 5.56 Å². The van der Waals surface area contributed by atoms with Crippen LogP contribution in [0.5, 0.6) is 5.75 Å². The summed E-state index contributed by atoms with van der Waals surface area (Å²) in [5.41, 5.74) is 0.724. The van der Waals surface area contributed by atoms with Crippen molar-refractivity contribution in [1.82, 2.24) is 14.8 Å². The zero-order valence-electron chi connectivity index (χ0n) is 10.6. The number of carbonyl (C=O) groups excluding carboxylic acids is 1. The lowest BCUT2D eigenvalue weighted by atomic mass is 10.1. The van der Waals surface area contributed by atoms with Crippen LogP contribution in [0.25, 0.3) is 22.2 Å². The molecule has 0 aliphatic carbocycles. The zero-order chi connectivity index (χ0) is 14.3. The number of hydrogen-bond acceptors (Lipinski definition) is 4. The molecule has 0 aliphatic heterocycles. The number of aromatic amines is 1. The molecule has 6 nitrogen and oxygen atoms in total. The van der Waals surface area contributed by atoms with Crippen molar-refractivity contribution >= 4 is 17.2 Å². The highest BCUT2D eigenvalue weighted by atomic mass is 16.3. The zero-order valence-corrected chi connectivity index (χ0v) is 10.6. The van der Waals surface area contributed by atoms with Crippen LogP contribution in [0, 0.1) is 0 Å². The van der Waals surface area contributed by atoms with E-state index in [1.165, 1.54) is 10.8 Å². The second kappa shape index (κ2) is 4.34. The molecule has 0 atom stereocenters. The Hall–Kier alpha value is -2.89. The van der Waals surface area contributed by atoms with Crippen LogP contribution < -0.4 is 5.56 Å². The van der Waals surface area contributed by atoms with E-state index >= 15 is 0 Å². The van der Waals surface area contributed by atoms with Gasteiger partial charge in [0.2, 0.25) is 0 Å². The van der Waals surface area contributed by atoms with E-state index in [0.29, 0.717) is 17.2 Å². The molecule has 3 aromatic rings. The summed E-state index contributed by atoms with van der Waals surface area (Å²) in [5, 5.41) is 17.2. The number of hydrogen-bond donors (Lipinski definition) is 2. The summed E-state index contributed by atoms with van der Waals surface area (Å²) in [4.78, 5) is 23.4. The van der Waals surface area contributed by atoms with Gasteiger partial charge in [-0.1, -0.05) is 12.1 Å². The first kappa shape index (κ1) is 12.2. The number of aldehydes is 1. The number of benzene rings is 1. The molecule has 20 heavy (non-hydrogen) atoms. The second-order valence-corrected chi connectivity index (χ2v) is 4.42. The van der Waals surface area contributed by atoms with Crippen molar-refractivity contribution in [3.05, 3.63) is 46.4 Å². The molecule has 1 aromatic carbocycles. The average Bonchev–Trinajstić information content (AvgIpc) is 2.93. The summed E-state index contributed by atoms with van der Waals surface area (Å²) in [6, 6.07) is 7.01. The SMILES string of the molecule is Cn1c(=O)c(-c2[nH]ncc2C=O)c(O)c2ccccc21. The van der Waals surface area contributed by atoms with Gasteiger partial charge >= 0.3 is 0 Å². The number of nitrogens with zero attached hydrogens (tertiary/aromatic N) is 2. The number of para-hydroxylation sites is 1. The molecule has 0 unspecified atom stereocenters. The van der Waals surface area contributed by atoms with Crippen molar-refractivity contribution in [2.24, 2.45) is 7.05 Å². The van der Waals surface area contributed by atoms with E-state index in [9.17, 15) is 14.7 Å². The highest BCUT2D eigenvalue weighted by molar-refractivity contribution is 5.95. The highest BCUT2D eigenvalue weighted by Gasteiger charge is 2.19. The maximum Gasteiger partial charge on any atom is 0.264 e. The topological polar surface area (TPSA) is 88.0 Å².